The Kier molecular flexibility index (Phi) is 24.7. The second-order valence-electron chi connectivity index (χ2n) is 17.1. The highest BCUT2D eigenvalue weighted by Gasteiger charge is 2.19. The Bertz CT molecular complexity index is 3340. The first-order valence-electron chi connectivity index (χ1n) is 24.5. The van der Waals surface area contributed by atoms with Crippen LogP contribution in [0.2, 0.25) is 0 Å². The Labute approximate surface area is 448 Å². The molecule has 1 fully saturated rings. The Balaban J connectivity index is 0.000000193. The molecule has 1 aromatic carbocycles. The standard InChI is InChI=1S/C9H9N3O.C8H8N4O.C8H13N3O.2C5H8N2.C4H7N3O.2C4H6N2.C3H5N3/c1-7-10-9(13)11-12(7)8-5-3-2-4-6-8;1-6-10-8(13)11-12(6)7-4-2-3-5-9-7;1-6-9-8(12)11(10-6)7-4-2-3-5-7;1-5-6-3-4-7(5)2;1-4-3-6-5(2)7-4;1-3-5-4(8)7(2)6-3;1-4-2-5-3-6-4;1-4-5-2-3-6-4;1-3-2-4-6-5-3/h2-6H,1H3,(H,11,13);2-5H,1H3,(H,11,13);7H,2-5H2,1H3,(H,9,10,12);3-4H,1-2H3;3H,1-2H3,(H,6,7);1-2H3,(H,5,6,8);2*2-3H,1H3,(H,5,6);2H,1H3,(H,4,5,6). The van der Waals surface area contributed by atoms with Crippen LogP contribution in [-0.4, -0.2) is 119 Å². The predicted molar refractivity (Wildman–Crippen MR) is 293 cm³/mol. The molecule has 0 atom stereocenters. The zero-order valence-corrected chi connectivity index (χ0v) is 46.0. The highest BCUT2D eigenvalue weighted by molar-refractivity contribution is 5.30. The molecule has 1 aliphatic rings. The van der Waals surface area contributed by atoms with Crippen LogP contribution in [-0.2, 0) is 14.1 Å². The average Bonchev–Trinajstić information content (AvgIpc) is 4.26. The zero-order chi connectivity index (χ0) is 57.0. The Morgan fingerprint density at radius 2 is 1.22 bits per heavy atom. The number of para-hydroxylation sites is 1. The Morgan fingerprint density at radius 3 is 1.54 bits per heavy atom. The van der Waals surface area contributed by atoms with Crippen LogP contribution >= 0.6 is 0 Å². The topological polar surface area (TPSA) is 361 Å². The van der Waals surface area contributed by atoms with E-state index in [-0.39, 0.29) is 22.8 Å². The van der Waals surface area contributed by atoms with Gasteiger partial charge in [-0.2, -0.15) is 35.6 Å². The number of nitrogens with zero attached hydrogens (tertiary/aromatic N) is 16. The van der Waals surface area contributed by atoms with Crippen molar-refractivity contribution in [2.24, 2.45) is 14.1 Å². The number of H-pyrrole nitrogens is 8. The average molecular weight is 1070 g/mol. The van der Waals surface area contributed by atoms with Crippen molar-refractivity contribution in [3.8, 4) is 11.5 Å². The summed E-state index contributed by atoms with van der Waals surface area (Å²) in [6.07, 6.45) is 20.5. The fourth-order valence-corrected chi connectivity index (χ4v) is 6.62. The van der Waals surface area contributed by atoms with E-state index in [1.54, 1.807) is 91.4 Å². The number of aromatic amines is 8. The molecule has 12 rings (SSSR count). The van der Waals surface area contributed by atoms with E-state index in [9.17, 15) is 19.2 Å². The minimum Gasteiger partial charge on any atom is -0.349 e. The van der Waals surface area contributed by atoms with Gasteiger partial charge in [-0.3, -0.25) is 9.97 Å². The van der Waals surface area contributed by atoms with Crippen LogP contribution in [0, 0.1) is 69.2 Å². The van der Waals surface area contributed by atoms with Crippen molar-refractivity contribution in [2.45, 2.75) is 101 Å². The highest BCUT2D eigenvalue weighted by atomic mass is 16.2. The second-order valence-corrected chi connectivity index (χ2v) is 17.1. The zero-order valence-electron chi connectivity index (χ0n) is 46.0. The molecule has 11 aromatic rings. The summed E-state index contributed by atoms with van der Waals surface area (Å²) in [5.41, 5.74) is 3.17. The van der Waals surface area contributed by atoms with Crippen molar-refractivity contribution < 1.29 is 0 Å². The van der Waals surface area contributed by atoms with Crippen LogP contribution in [0.5, 0.6) is 0 Å². The van der Waals surface area contributed by atoms with Gasteiger partial charge in [0, 0.05) is 68.9 Å². The molecule has 0 spiro atoms. The molecule has 0 saturated heterocycles. The molecule has 0 radical (unpaired) electrons. The van der Waals surface area contributed by atoms with Crippen molar-refractivity contribution in [1.82, 2.24) is 119 Å². The summed E-state index contributed by atoms with van der Waals surface area (Å²) >= 11 is 0. The summed E-state index contributed by atoms with van der Waals surface area (Å²) in [7, 11) is 3.58. The van der Waals surface area contributed by atoms with E-state index in [0.29, 0.717) is 35.2 Å². The van der Waals surface area contributed by atoms with Crippen molar-refractivity contribution in [3.05, 3.63) is 204 Å². The molecule has 0 unspecified atom stereocenters. The molecule has 8 N–H and O–H groups in total. The Morgan fingerprint density at radius 1 is 0.564 bits per heavy atom. The number of aromatic nitrogens is 24. The molecule has 1 aliphatic carbocycles. The lowest BCUT2D eigenvalue weighted by molar-refractivity contribution is 0.450. The number of hydrogen-bond donors (Lipinski definition) is 8. The third kappa shape index (κ3) is 21.9. The lowest BCUT2D eigenvalue weighted by Gasteiger charge is -2.05. The molecule has 0 amide bonds. The maximum Gasteiger partial charge on any atom is 0.361 e. The van der Waals surface area contributed by atoms with Crippen molar-refractivity contribution in [2.75, 3.05) is 0 Å². The normalized spacial score (nSPS) is 11.0. The minimum absolute atomic E-state index is 0.0561. The van der Waals surface area contributed by atoms with Gasteiger partial charge in [-0.05, 0) is 106 Å². The number of rotatable bonds is 3. The quantitative estimate of drug-likeness (QED) is 0.117. The van der Waals surface area contributed by atoms with E-state index < -0.39 is 0 Å². The number of pyridine rings is 1. The summed E-state index contributed by atoms with van der Waals surface area (Å²) in [6, 6.07) is 15.4. The summed E-state index contributed by atoms with van der Waals surface area (Å²) in [5.74, 6) is 6.30. The van der Waals surface area contributed by atoms with Gasteiger partial charge in [0.25, 0.3) is 0 Å². The van der Waals surface area contributed by atoms with E-state index >= 15 is 0 Å². The van der Waals surface area contributed by atoms with Gasteiger partial charge in [-0.1, -0.05) is 37.1 Å². The molecule has 10 aromatic heterocycles. The highest BCUT2D eigenvalue weighted by Crippen LogP contribution is 2.27. The van der Waals surface area contributed by atoms with Gasteiger partial charge in [0.1, 0.15) is 40.8 Å². The molecule has 28 nitrogen and oxygen atoms in total. The minimum atomic E-state index is -0.358. The summed E-state index contributed by atoms with van der Waals surface area (Å²) < 4.78 is 8.03. The summed E-state index contributed by atoms with van der Waals surface area (Å²) in [5, 5.41) is 22.8. The molecule has 0 bridgehead atoms. The maximum atomic E-state index is 11.3. The third-order valence-corrected chi connectivity index (χ3v) is 10.5. The fourth-order valence-electron chi connectivity index (χ4n) is 6.62. The second kappa shape index (κ2) is 31.8. The first-order valence-corrected chi connectivity index (χ1v) is 24.5. The van der Waals surface area contributed by atoms with Crippen molar-refractivity contribution in [3.63, 3.8) is 0 Å². The molecule has 1 saturated carbocycles. The molecule has 414 valence electrons. The predicted octanol–water partition coefficient (Wildman–Crippen LogP) is 4.85. The Hall–Kier alpha value is -9.89. The van der Waals surface area contributed by atoms with Gasteiger partial charge >= 0.3 is 22.8 Å². The van der Waals surface area contributed by atoms with Crippen LogP contribution in [0.15, 0.2) is 124 Å². The molecule has 78 heavy (non-hydrogen) atoms. The van der Waals surface area contributed by atoms with Crippen LogP contribution in [0.4, 0.5) is 0 Å². The van der Waals surface area contributed by atoms with Crippen molar-refractivity contribution in [1.29, 1.82) is 0 Å². The first kappa shape index (κ1) is 60.7. The van der Waals surface area contributed by atoms with E-state index in [1.165, 1.54) is 17.5 Å². The molecule has 0 aliphatic heterocycles. The SMILES string of the molecule is Cc1cn[nH]n1.Cc1cnc(C)[nH]1.Cc1cnc[nH]1.Cc1nc(=O)[nH]n1-c1ccccc1.Cc1nc(=O)[nH]n1-c1ccccn1.Cc1ncc[nH]1.Cc1nccn1C.Cc1nn(C)c(=O)[nH]1.Cc1nn(C2CCCC2)c(=O)[nH]1. The van der Waals surface area contributed by atoms with E-state index in [1.807, 2.05) is 115 Å². The van der Waals surface area contributed by atoms with E-state index in [0.717, 1.165) is 53.1 Å². The van der Waals surface area contributed by atoms with Crippen LogP contribution in [0.1, 0.15) is 89.6 Å². The van der Waals surface area contributed by atoms with Crippen LogP contribution in [0.25, 0.3) is 11.5 Å². The van der Waals surface area contributed by atoms with Crippen LogP contribution < -0.4 is 22.8 Å². The number of imidazole rings is 4. The van der Waals surface area contributed by atoms with E-state index in [2.05, 4.69) is 95.6 Å². The third-order valence-electron chi connectivity index (χ3n) is 10.5. The molecule has 10 heterocycles. The number of hydrogen-bond acceptors (Lipinski definition) is 15. The smallest absolute Gasteiger partial charge is 0.349 e. The fraction of sp³-hybridized carbons (Fsp3) is 0.340. The van der Waals surface area contributed by atoms with Gasteiger partial charge in [-0.15, -0.1) is 0 Å². The van der Waals surface area contributed by atoms with E-state index in [4.69, 9.17) is 0 Å². The molecular formula is C50H70N24O4. The van der Waals surface area contributed by atoms with Gasteiger partial charge < -0.3 is 19.5 Å². The summed E-state index contributed by atoms with van der Waals surface area (Å²) in [6.45, 7) is 18.7. The first-order chi connectivity index (χ1) is 37.3. The van der Waals surface area contributed by atoms with Gasteiger partial charge in [0.05, 0.1) is 29.9 Å². The lowest BCUT2D eigenvalue weighted by atomic mass is 10.3. The number of nitrogens with one attached hydrogen (secondary N) is 8. The van der Waals surface area contributed by atoms with Gasteiger partial charge in [-0.25, -0.2) is 73.0 Å². The monoisotopic (exact) mass is 1070 g/mol. The molecule has 28 heteroatoms. The van der Waals surface area contributed by atoms with Gasteiger partial charge in [0.2, 0.25) is 0 Å². The van der Waals surface area contributed by atoms with Crippen molar-refractivity contribution >= 4 is 0 Å². The molecular weight excluding hydrogens is 1000 g/mol. The number of benzene rings is 1. The largest absolute Gasteiger partial charge is 0.361 e. The number of aryl methyl sites for hydroxylation is 12. The lowest BCUT2D eigenvalue weighted by Crippen LogP contribution is -2.21. The van der Waals surface area contributed by atoms with Crippen LogP contribution in [0.3, 0.4) is 0 Å². The van der Waals surface area contributed by atoms with Gasteiger partial charge in [0.15, 0.2) is 5.82 Å². The maximum absolute atomic E-state index is 11.3. The summed E-state index contributed by atoms with van der Waals surface area (Å²) in [4.78, 5) is 84.6.